The van der Waals surface area contributed by atoms with Gasteiger partial charge in [-0.1, -0.05) is 11.6 Å². The van der Waals surface area contributed by atoms with E-state index in [4.69, 9.17) is 36.1 Å². The topological polar surface area (TPSA) is 68.5 Å². The Balaban J connectivity index is 0.00000140. The first-order chi connectivity index (χ1) is 17.1. The molecule has 37 heavy (non-hydrogen) atoms. The lowest BCUT2D eigenvalue weighted by molar-refractivity contribution is 0.0988. The molecule has 8 nitrogen and oxygen atoms in total. The average Bonchev–Trinajstić information content (AvgIpc) is 3.68. The van der Waals surface area contributed by atoms with Crippen LogP contribution < -0.4 is 4.90 Å². The van der Waals surface area contributed by atoms with Crippen LogP contribution in [0.5, 0.6) is 0 Å². The van der Waals surface area contributed by atoms with Crippen LogP contribution in [0.3, 0.4) is 0 Å². The Labute approximate surface area is 236 Å². The second-order valence-electron chi connectivity index (χ2n) is 10.4. The maximum absolute atomic E-state index is 6.81. The monoisotopic (exact) mass is 562 g/mol. The fraction of sp³-hybridized carbons (Fsp3) is 0.577. The third-order valence-electron chi connectivity index (χ3n) is 8.30. The van der Waals surface area contributed by atoms with Gasteiger partial charge in [0, 0.05) is 35.7 Å². The predicted octanol–water partition coefficient (Wildman–Crippen LogP) is 3.95. The summed E-state index contributed by atoms with van der Waals surface area (Å²) < 4.78 is 13.3. The first-order valence-electron chi connectivity index (χ1n) is 12.9. The number of benzene rings is 1. The number of rotatable bonds is 4. The summed E-state index contributed by atoms with van der Waals surface area (Å²) in [6.45, 7) is 7.60. The highest BCUT2D eigenvalue weighted by Crippen LogP contribution is 2.37. The molecule has 3 unspecified atom stereocenters. The molecule has 3 atom stereocenters. The lowest BCUT2D eigenvalue weighted by Gasteiger charge is -2.35. The molecule has 2 aromatic heterocycles. The SMILES string of the molecule is Cc1nc(N2CC3CC2CO3)cc(-n2ncc3cc(Cl)c(C4CCN(C5CCOC5)CC4)cc32)n1.S.S. The molecule has 0 radical (unpaired) electrons. The zero-order valence-electron chi connectivity index (χ0n) is 21.1. The number of anilines is 1. The third kappa shape index (κ3) is 4.96. The molecule has 0 N–H and O–H groups in total. The van der Waals surface area contributed by atoms with Crippen molar-refractivity contribution in [3.05, 3.63) is 40.8 Å². The highest BCUT2D eigenvalue weighted by molar-refractivity contribution is 7.59. The van der Waals surface area contributed by atoms with Gasteiger partial charge < -0.3 is 14.4 Å². The molecule has 1 aromatic carbocycles. The van der Waals surface area contributed by atoms with E-state index < -0.39 is 0 Å². The van der Waals surface area contributed by atoms with Crippen molar-refractivity contribution in [2.45, 2.75) is 56.7 Å². The molecule has 2 bridgehead atoms. The van der Waals surface area contributed by atoms with E-state index in [2.05, 4.69) is 28.0 Å². The Hall–Kier alpha value is -1.56. The summed E-state index contributed by atoms with van der Waals surface area (Å²) >= 11 is 6.81. The van der Waals surface area contributed by atoms with Gasteiger partial charge in [0.1, 0.15) is 11.6 Å². The lowest BCUT2D eigenvalue weighted by Crippen LogP contribution is -2.41. The van der Waals surface area contributed by atoms with Crippen molar-refractivity contribution >= 4 is 55.3 Å². The van der Waals surface area contributed by atoms with Crippen molar-refractivity contribution in [3.8, 4) is 5.82 Å². The zero-order chi connectivity index (χ0) is 23.5. The Bertz CT molecular complexity index is 1260. The van der Waals surface area contributed by atoms with Crippen LogP contribution in [0, 0.1) is 6.92 Å². The number of likely N-dealkylation sites (tertiary alicyclic amines) is 1. The van der Waals surface area contributed by atoms with Gasteiger partial charge in [-0.15, -0.1) is 0 Å². The van der Waals surface area contributed by atoms with E-state index in [0.717, 1.165) is 98.5 Å². The summed E-state index contributed by atoms with van der Waals surface area (Å²) in [5.74, 6) is 2.97. The summed E-state index contributed by atoms with van der Waals surface area (Å²) in [6, 6.07) is 7.37. The average molecular weight is 563 g/mol. The van der Waals surface area contributed by atoms with Crippen LogP contribution in [-0.4, -0.2) is 82.3 Å². The molecule has 0 saturated carbocycles. The number of nitrogens with zero attached hydrogens (tertiary/aromatic N) is 6. The van der Waals surface area contributed by atoms with Crippen molar-refractivity contribution in [1.82, 2.24) is 24.6 Å². The van der Waals surface area contributed by atoms with Gasteiger partial charge in [0.05, 0.1) is 37.1 Å². The molecule has 0 amide bonds. The molecule has 4 aliphatic rings. The molecule has 0 spiro atoms. The van der Waals surface area contributed by atoms with E-state index >= 15 is 0 Å². The predicted molar refractivity (Wildman–Crippen MR) is 155 cm³/mol. The molecule has 11 heteroatoms. The molecule has 3 aromatic rings. The molecule has 4 aliphatic heterocycles. The van der Waals surface area contributed by atoms with E-state index in [9.17, 15) is 0 Å². The number of ether oxygens (including phenoxy) is 2. The van der Waals surface area contributed by atoms with Crippen LogP contribution in [0.1, 0.15) is 43.0 Å². The van der Waals surface area contributed by atoms with Gasteiger partial charge >= 0.3 is 0 Å². The van der Waals surface area contributed by atoms with Crippen LogP contribution in [0.25, 0.3) is 16.7 Å². The Morgan fingerprint density at radius 2 is 1.78 bits per heavy atom. The molecule has 200 valence electrons. The van der Waals surface area contributed by atoms with Gasteiger partial charge in [-0.3, -0.25) is 4.90 Å². The zero-order valence-corrected chi connectivity index (χ0v) is 23.8. The number of piperidine rings is 1. The molecule has 7 rings (SSSR count). The molecule has 0 aliphatic carbocycles. The van der Waals surface area contributed by atoms with Crippen LogP contribution in [0.4, 0.5) is 5.82 Å². The summed E-state index contributed by atoms with van der Waals surface area (Å²) in [5, 5.41) is 6.59. The van der Waals surface area contributed by atoms with Gasteiger partial charge in [0.2, 0.25) is 0 Å². The fourth-order valence-corrected chi connectivity index (χ4v) is 6.74. The second-order valence-corrected chi connectivity index (χ2v) is 10.9. The molecule has 6 heterocycles. The second kappa shape index (κ2) is 10.9. The van der Waals surface area contributed by atoms with Gasteiger partial charge in [-0.2, -0.15) is 32.1 Å². The van der Waals surface area contributed by atoms with Gasteiger partial charge in [-0.25, -0.2) is 14.6 Å². The lowest BCUT2D eigenvalue weighted by atomic mass is 9.88. The van der Waals surface area contributed by atoms with Crippen LogP contribution in [0.2, 0.25) is 5.02 Å². The maximum Gasteiger partial charge on any atom is 0.159 e. The first kappa shape index (κ1) is 27.0. The quantitative estimate of drug-likeness (QED) is 0.477. The van der Waals surface area contributed by atoms with Crippen LogP contribution in [0.15, 0.2) is 24.4 Å². The minimum atomic E-state index is 0. The number of morpholine rings is 1. The number of hydrogen-bond donors (Lipinski definition) is 0. The molecule has 4 fully saturated rings. The van der Waals surface area contributed by atoms with E-state index in [1.54, 1.807) is 0 Å². The number of fused-ring (bicyclic) bond motifs is 3. The van der Waals surface area contributed by atoms with E-state index in [1.165, 1.54) is 5.56 Å². The smallest absolute Gasteiger partial charge is 0.159 e. The van der Waals surface area contributed by atoms with Crippen LogP contribution >= 0.6 is 38.6 Å². The maximum atomic E-state index is 6.81. The first-order valence-corrected chi connectivity index (χ1v) is 13.2. The summed E-state index contributed by atoms with van der Waals surface area (Å²) in [5.41, 5.74) is 2.27. The van der Waals surface area contributed by atoms with Crippen molar-refractivity contribution < 1.29 is 9.47 Å². The molecular weight excluding hydrogens is 528 g/mol. The van der Waals surface area contributed by atoms with Crippen LogP contribution in [-0.2, 0) is 9.47 Å². The van der Waals surface area contributed by atoms with Gasteiger partial charge in [-0.05, 0) is 69.3 Å². The van der Waals surface area contributed by atoms with Gasteiger partial charge in [0.25, 0.3) is 0 Å². The highest BCUT2D eigenvalue weighted by atomic mass is 35.5. The van der Waals surface area contributed by atoms with Crippen molar-refractivity contribution in [2.75, 3.05) is 44.4 Å². The summed E-state index contributed by atoms with van der Waals surface area (Å²) in [4.78, 5) is 14.5. The summed E-state index contributed by atoms with van der Waals surface area (Å²) in [7, 11) is 0. The van der Waals surface area contributed by atoms with Gasteiger partial charge in [0.15, 0.2) is 5.82 Å². The normalized spacial score (nSPS) is 26.0. The highest BCUT2D eigenvalue weighted by Gasteiger charge is 2.40. The van der Waals surface area contributed by atoms with E-state index in [-0.39, 0.29) is 27.0 Å². The Morgan fingerprint density at radius 1 is 0.973 bits per heavy atom. The standard InChI is InChI=1S/C26H31ClN6O2.2H2S/c1-16-29-25(32-13-21-9-20(32)15-35-21)11-26(30-16)33-24-10-22(23(27)8-18(24)12-28-33)17-2-5-31(6-3-17)19-4-7-34-14-19;;/h8,10-12,17,19-21H,2-7,9,13-15H2,1H3;2*1H2. The van der Waals surface area contributed by atoms with Crippen molar-refractivity contribution in [1.29, 1.82) is 0 Å². The number of halogens is 1. The largest absolute Gasteiger partial charge is 0.380 e. The number of hydrogen-bond acceptors (Lipinski definition) is 7. The fourth-order valence-electron chi connectivity index (χ4n) is 6.42. The number of aryl methyl sites for hydroxylation is 1. The van der Waals surface area contributed by atoms with E-state index in [1.807, 2.05) is 17.8 Å². The molecule has 4 saturated heterocycles. The van der Waals surface area contributed by atoms with Crippen molar-refractivity contribution in [2.24, 2.45) is 0 Å². The van der Waals surface area contributed by atoms with E-state index in [0.29, 0.717) is 24.1 Å². The molecular formula is C26H35ClN6O2S2. The number of aromatic nitrogens is 4. The Morgan fingerprint density at radius 3 is 2.49 bits per heavy atom. The Kier molecular flexibility index (Phi) is 7.96. The van der Waals surface area contributed by atoms with Crippen molar-refractivity contribution in [3.63, 3.8) is 0 Å². The minimum Gasteiger partial charge on any atom is -0.380 e. The summed E-state index contributed by atoms with van der Waals surface area (Å²) in [6.07, 6.45) is 6.68. The third-order valence-corrected chi connectivity index (χ3v) is 8.63. The minimum absolute atomic E-state index is 0.